The average molecular weight is 683 g/mol. The van der Waals surface area contributed by atoms with E-state index < -0.39 is 0 Å². The predicted molar refractivity (Wildman–Crippen MR) is 218 cm³/mol. The summed E-state index contributed by atoms with van der Waals surface area (Å²) in [5.41, 5.74) is 20.5. The van der Waals surface area contributed by atoms with E-state index in [2.05, 4.69) is 157 Å². The van der Waals surface area contributed by atoms with Crippen LogP contribution in [0.3, 0.4) is 0 Å². The minimum atomic E-state index is -0.183. The first kappa shape index (κ1) is 33.9. The molecule has 0 saturated heterocycles. The van der Waals surface area contributed by atoms with Crippen LogP contribution in [0.25, 0.3) is 46.3 Å². The second kappa shape index (κ2) is 12.8. The fourth-order valence-electron chi connectivity index (χ4n) is 9.25. The van der Waals surface area contributed by atoms with E-state index in [1.165, 1.54) is 89.3 Å². The van der Waals surface area contributed by atoms with Gasteiger partial charge in [0.15, 0.2) is 0 Å². The maximum atomic E-state index is 5.08. The molecule has 262 valence electrons. The summed E-state index contributed by atoms with van der Waals surface area (Å²) < 4.78 is 4.63. The lowest BCUT2D eigenvalue weighted by atomic mass is 9.68. The Labute approximate surface area is 309 Å². The Kier molecular flexibility index (Phi) is 8.33. The highest BCUT2D eigenvalue weighted by Gasteiger charge is 2.36. The Balaban J connectivity index is 1.25. The van der Waals surface area contributed by atoms with Gasteiger partial charge < -0.3 is 0 Å². The van der Waals surface area contributed by atoms with E-state index in [0.29, 0.717) is 5.92 Å². The molecule has 8 rings (SSSR count). The fourth-order valence-corrected chi connectivity index (χ4v) is 9.25. The van der Waals surface area contributed by atoms with Gasteiger partial charge in [-0.25, -0.2) is 9.97 Å². The Bertz CT molecular complexity index is 2400. The van der Waals surface area contributed by atoms with Crippen LogP contribution >= 0.6 is 0 Å². The van der Waals surface area contributed by atoms with E-state index in [9.17, 15) is 0 Å². The monoisotopic (exact) mass is 682 g/mol. The van der Waals surface area contributed by atoms with E-state index in [1.807, 2.05) is 12.4 Å². The minimum absolute atomic E-state index is 0.183. The quantitative estimate of drug-likeness (QED) is 0.160. The minimum Gasteiger partial charge on any atom is -0.299 e. The first-order valence-electron chi connectivity index (χ1n) is 18.8. The zero-order valence-electron chi connectivity index (χ0n) is 32.2. The van der Waals surface area contributed by atoms with Gasteiger partial charge in [0.1, 0.15) is 11.6 Å². The molecule has 0 amide bonds. The molecule has 6 aromatic rings. The smallest absolute Gasteiger partial charge is 0.144 e. The standard InChI is InChI=1S/C48H50N4/c1-29-22-31(3)44(32(4)23-29)51-20-18-49-46(51)41-17-16-36-12-11-15-40(36)43(41)48(8,9)35(7)26-39-27-37-13-10-14-38(37)28-42(39)47-50-19-21-52(47)45-33(5)24-30(2)25-34(45)6/h10-11,14-25,27-28,35H,12-13,26H2,1-9H3/t35-/m0/s1. The van der Waals surface area contributed by atoms with Crippen LogP contribution in [0.15, 0.2) is 85.5 Å². The SMILES string of the molecule is Cc1cc(C)c(-n2ccnc2-c2cc3c(cc2C[C@H](C)C(C)(C)c2c(-c4nccn4-c4c(C)cc(C)cc4C)ccc4c2C=CC4)CC=C3)c(C)c1. The second-order valence-corrected chi connectivity index (χ2v) is 16.0. The Morgan fingerprint density at radius 1 is 0.654 bits per heavy atom. The van der Waals surface area contributed by atoms with Gasteiger partial charge in [-0.2, -0.15) is 0 Å². The number of fused-ring (bicyclic) bond motifs is 2. The third-order valence-electron chi connectivity index (χ3n) is 11.9. The van der Waals surface area contributed by atoms with Crippen molar-refractivity contribution in [2.75, 3.05) is 0 Å². The van der Waals surface area contributed by atoms with Crippen molar-refractivity contribution in [3.63, 3.8) is 0 Å². The van der Waals surface area contributed by atoms with Crippen LogP contribution in [0.1, 0.15) is 87.5 Å². The molecule has 0 saturated carbocycles. The molecule has 4 aromatic carbocycles. The Hall–Kier alpha value is -5.22. The molecule has 2 heterocycles. The van der Waals surface area contributed by atoms with Crippen molar-refractivity contribution in [2.45, 2.75) is 87.0 Å². The zero-order chi connectivity index (χ0) is 36.5. The topological polar surface area (TPSA) is 35.6 Å². The average Bonchev–Trinajstić information content (AvgIpc) is 3.90. The molecule has 4 nitrogen and oxygen atoms in total. The van der Waals surface area contributed by atoms with Gasteiger partial charge in [0.25, 0.3) is 0 Å². The number of imidazole rings is 2. The van der Waals surface area contributed by atoms with Gasteiger partial charge in [-0.05, 0) is 134 Å². The van der Waals surface area contributed by atoms with E-state index in [1.54, 1.807) is 0 Å². The molecule has 0 fully saturated rings. The summed E-state index contributed by atoms with van der Waals surface area (Å²) in [5.74, 6) is 2.31. The molecule has 2 aliphatic rings. The molecule has 0 aliphatic heterocycles. The number of benzene rings is 4. The Morgan fingerprint density at radius 3 is 1.79 bits per heavy atom. The predicted octanol–water partition coefficient (Wildman–Crippen LogP) is 11.5. The lowest BCUT2D eigenvalue weighted by molar-refractivity contribution is 0.342. The number of nitrogens with zero attached hydrogens (tertiary/aromatic N) is 4. The van der Waals surface area contributed by atoms with Crippen molar-refractivity contribution < 1.29 is 0 Å². The van der Waals surface area contributed by atoms with Crippen molar-refractivity contribution in [1.29, 1.82) is 0 Å². The number of hydrogen-bond donors (Lipinski definition) is 0. The highest BCUT2D eigenvalue weighted by Crippen LogP contribution is 2.46. The first-order chi connectivity index (χ1) is 24.9. The molecular formula is C48H50N4. The van der Waals surface area contributed by atoms with Gasteiger partial charge in [0.05, 0.1) is 11.4 Å². The van der Waals surface area contributed by atoms with Crippen molar-refractivity contribution >= 4 is 12.2 Å². The zero-order valence-corrected chi connectivity index (χ0v) is 32.2. The van der Waals surface area contributed by atoms with E-state index in [-0.39, 0.29) is 5.41 Å². The van der Waals surface area contributed by atoms with Gasteiger partial charge in [-0.3, -0.25) is 9.13 Å². The largest absolute Gasteiger partial charge is 0.299 e. The summed E-state index contributed by atoms with van der Waals surface area (Å²) in [6, 6.07) is 18.6. The summed E-state index contributed by atoms with van der Waals surface area (Å²) in [6.45, 7) is 20.6. The number of hydrogen-bond acceptors (Lipinski definition) is 2. The highest BCUT2D eigenvalue weighted by molar-refractivity contribution is 5.77. The summed E-state index contributed by atoms with van der Waals surface area (Å²) in [4.78, 5) is 10.1. The molecule has 0 radical (unpaired) electrons. The van der Waals surface area contributed by atoms with Crippen LogP contribution in [0.4, 0.5) is 0 Å². The van der Waals surface area contributed by atoms with Crippen molar-refractivity contribution in [3.05, 3.63) is 152 Å². The van der Waals surface area contributed by atoms with Crippen molar-refractivity contribution in [3.8, 4) is 34.2 Å². The summed E-state index contributed by atoms with van der Waals surface area (Å²) >= 11 is 0. The number of aromatic nitrogens is 4. The maximum Gasteiger partial charge on any atom is 0.144 e. The van der Waals surface area contributed by atoms with Crippen molar-refractivity contribution in [2.24, 2.45) is 5.92 Å². The fraction of sp³-hybridized carbons (Fsp3) is 0.292. The summed E-state index contributed by atoms with van der Waals surface area (Å²) in [7, 11) is 0. The van der Waals surface area contributed by atoms with E-state index in [0.717, 1.165) is 30.9 Å². The normalized spacial score (nSPS) is 13.9. The summed E-state index contributed by atoms with van der Waals surface area (Å²) in [6.07, 6.45) is 20.3. The molecule has 0 N–H and O–H groups in total. The van der Waals surface area contributed by atoms with Gasteiger partial charge in [0.2, 0.25) is 0 Å². The molecule has 2 aliphatic carbocycles. The molecule has 0 bridgehead atoms. The molecule has 2 aromatic heterocycles. The van der Waals surface area contributed by atoms with Crippen LogP contribution in [-0.2, 0) is 24.7 Å². The van der Waals surface area contributed by atoms with E-state index in [4.69, 9.17) is 9.97 Å². The van der Waals surface area contributed by atoms with Crippen LogP contribution in [0.2, 0.25) is 0 Å². The van der Waals surface area contributed by atoms with Gasteiger partial charge in [0, 0.05) is 35.9 Å². The lowest BCUT2D eigenvalue weighted by Crippen LogP contribution is -2.30. The van der Waals surface area contributed by atoms with Gasteiger partial charge in [-0.15, -0.1) is 0 Å². The highest BCUT2D eigenvalue weighted by atomic mass is 15.1. The van der Waals surface area contributed by atoms with Crippen LogP contribution < -0.4 is 0 Å². The lowest BCUT2D eigenvalue weighted by Gasteiger charge is -2.36. The number of aryl methyl sites for hydroxylation is 6. The Morgan fingerprint density at radius 2 is 1.19 bits per heavy atom. The molecule has 0 unspecified atom stereocenters. The van der Waals surface area contributed by atoms with Gasteiger partial charge in [-0.1, -0.05) is 98.7 Å². The third kappa shape index (κ3) is 5.60. The maximum absolute atomic E-state index is 5.08. The third-order valence-corrected chi connectivity index (χ3v) is 11.9. The first-order valence-corrected chi connectivity index (χ1v) is 18.8. The van der Waals surface area contributed by atoms with Crippen LogP contribution in [0, 0.1) is 47.5 Å². The van der Waals surface area contributed by atoms with Crippen LogP contribution in [-0.4, -0.2) is 19.1 Å². The molecule has 52 heavy (non-hydrogen) atoms. The van der Waals surface area contributed by atoms with Crippen LogP contribution in [0.5, 0.6) is 0 Å². The molecule has 1 atom stereocenters. The molecule has 0 spiro atoms. The molecule has 4 heteroatoms. The number of rotatable bonds is 8. The number of allylic oxidation sites excluding steroid dienone is 2. The summed E-state index contributed by atoms with van der Waals surface area (Å²) in [5, 5.41) is 0. The second-order valence-electron chi connectivity index (χ2n) is 16.0. The van der Waals surface area contributed by atoms with Crippen molar-refractivity contribution in [1.82, 2.24) is 19.1 Å². The van der Waals surface area contributed by atoms with E-state index >= 15 is 0 Å². The van der Waals surface area contributed by atoms with Gasteiger partial charge >= 0.3 is 0 Å². The molecular weight excluding hydrogens is 633 g/mol.